The zero-order chi connectivity index (χ0) is 17.5. The van der Waals surface area contributed by atoms with E-state index in [1.807, 2.05) is 30.3 Å². The second kappa shape index (κ2) is 5.99. The molecule has 0 saturated carbocycles. The van der Waals surface area contributed by atoms with Gasteiger partial charge in [0, 0.05) is 18.5 Å². The van der Waals surface area contributed by atoms with Crippen molar-refractivity contribution in [2.75, 3.05) is 38.3 Å². The van der Waals surface area contributed by atoms with E-state index in [-0.39, 0.29) is 0 Å². The van der Waals surface area contributed by atoms with Crippen molar-refractivity contribution in [1.29, 1.82) is 0 Å². The summed E-state index contributed by atoms with van der Waals surface area (Å²) in [7, 11) is 1.65. The second-order valence-corrected chi connectivity index (χ2v) is 6.21. The number of ether oxygens (including phenoxy) is 2. The number of benzene rings is 1. The maximum absolute atomic E-state index is 5.41. The molecule has 4 aromatic rings. The quantitative estimate of drug-likeness (QED) is 0.589. The molecule has 132 valence electrons. The number of methoxy groups -OCH3 is 1. The molecule has 1 aliphatic heterocycles. The average molecular weight is 350 g/mol. The van der Waals surface area contributed by atoms with E-state index in [2.05, 4.69) is 25.1 Å². The van der Waals surface area contributed by atoms with Crippen molar-refractivity contribution in [2.45, 2.75) is 0 Å². The van der Waals surface area contributed by atoms with Crippen LogP contribution in [0.5, 0.6) is 5.75 Å². The van der Waals surface area contributed by atoms with Crippen LogP contribution in [0, 0.1) is 0 Å². The first kappa shape index (κ1) is 15.2. The number of hydrogen-bond acceptors (Lipinski definition) is 6. The first-order valence-electron chi connectivity index (χ1n) is 8.54. The number of fused-ring (bicyclic) bond motifs is 2. The number of hydrogen-bond donors (Lipinski definition) is 2. The number of nitrogens with zero attached hydrogens (tertiary/aromatic N) is 4. The number of morpholine rings is 1. The molecule has 0 atom stereocenters. The van der Waals surface area contributed by atoms with Gasteiger partial charge in [0.1, 0.15) is 17.3 Å². The van der Waals surface area contributed by atoms with Crippen molar-refractivity contribution in [2.24, 2.45) is 0 Å². The third kappa shape index (κ3) is 2.46. The molecule has 5 rings (SSSR count). The van der Waals surface area contributed by atoms with Crippen molar-refractivity contribution in [3.8, 4) is 17.3 Å². The molecule has 26 heavy (non-hydrogen) atoms. The van der Waals surface area contributed by atoms with E-state index in [1.165, 1.54) is 0 Å². The number of anilines is 1. The van der Waals surface area contributed by atoms with Crippen molar-refractivity contribution < 1.29 is 9.47 Å². The highest BCUT2D eigenvalue weighted by atomic mass is 16.5. The monoisotopic (exact) mass is 350 g/mol. The lowest BCUT2D eigenvalue weighted by molar-refractivity contribution is 0.122. The van der Waals surface area contributed by atoms with Crippen LogP contribution < -0.4 is 9.64 Å². The lowest BCUT2D eigenvalue weighted by atomic mass is 10.2. The molecule has 8 heteroatoms. The van der Waals surface area contributed by atoms with Gasteiger partial charge in [-0.3, -0.25) is 5.10 Å². The summed E-state index contributed by atoms with van der Waals surface area (Å²) in [6.07, 6.45) is 0. The predicted molar refractivity (Wildman–Crippen MR) is 98.6 cm³/mol. The lowest BCUT2D eigenvalue weighted by Crippen LogP contribution is -2.36. The molecule has 0 spiro atoms. The number of aromatic nitrogens is 5. The van der Waals surface area contributed by atoms with Gasteiger partial charge in [-0.2, -0.15) is 5.10 Å². The molecule has 0 amide bonds. The molecule has 1 fully saturated rings. The van der Waals surface area contributed by atoms with Gasteiger partial charge in [0.15, 0.2) is 11.5 Å². The van der Waals surface area contributed by atoms with Crippen LogP contribution in [-0.4, -0.2) is 58.6 Å². The standard InChI is InChI=1S/C18H18N6O2/c1-25-11-2-3-13-12(10-11)16(23-22-13)18-19-14-4-5-15(20-17(14)21-18)24-6-8-26-9-7-24/h2-5,10H,6-9H2,1H3,(H,22,23)(H,19,20,21). The number of imidazole rings is 1. The Balaban J connectivity index is 1.57. The average Bonchev–Trinajstić information content (AvgIpc) is 3.31. The fourth-order valence-corrected chi connectivity index (χ4v) is 3.26. The number of aromatic amines is 2. The summed E-state index contributed by atoms with van der Waals surface area (Å²) in [5.41, 5.74) is 3.26. The van der Waals surface area contributed by atoms with Crippen molar-refractivity contribution in [3.63, 3.8) is 0 Å². The van der Waals surface area contributed by atoms with Gasteiger partial charge in [0.2, 0.25) is 0 Å². The van der Waals surface area contributed by atoms with Crippen molar-refractivity contribution >= 4 is 27.9 Å². The minimum Gasteiger partial charge on any atom is -0.497 e. The number of H-pyrrole nitrogens is 2. The summed E-state index contributed by atoms with van der Waals surface area (Å²) in [5, 5.41) is 8.41. The topological polar surface area (TPSA) is 91.9 Å². The highest BCUT2D eigenvalue weighted by Crippen LogP contribution is 2.29. The molecule has 0 unspecified atom stereocenters. The number of nitrogens with one attached hydrogen (secondary N) is 2. The molecule has 1 aliphatic rings. The van der Waals surface area contributed by atoms with Gasteiger partial charge in [0.05, 0.1) is 31.4 Å². The predicted octanol–water partition coefficient (Wildman–Crippen LogP) is 2.35. The molecule has 2 N–H and O–H groups in total. The second-order valence-electron chi connectivity index (χ2n) is 6.21. The number of rotatable bonds is 3. The zero-order valence-electron chi connectivity index (χ0n) is 14.3. The Morgan fingerprint density at radius 3 is 2.77 bits per heavy atom. The Labute approximate surface area is 149 Å². The van der Waals surface area contributed by atoms with Gasteiger partial charge in [-0.25, -0.2) is 9.97 Å². The number of pyridine rings is 1. The highest BCUT2D eigenvalue weighted by molar-refractivity contribution is 5.93. The Kier molecular flexibility index (Phi) is 3.49. The first-order chi connectivity index (χ1) is 12.8. The summed E-state index contributed by atoms with van der Waals surface area (Å²) < 4.78 is 10.7. The molecular formula is C18H18N6O2. The van der Waals surface area contributed by atoms with Crippen molar-refractivity contribution in [1.82, 2.24) is 25.1 Å². The van der Waals surface area contributed by atoms with E-state index >= 15 is 0 Å². The summed E-state index contributed by atoms with van der Waals surface area (Å²) in [6, 6.07) is 9.83. The summed E-state index contributed by atoms with van der Waals surface area (Å²) in [5.74, 6) is 2.39. The molecule has 1 aromatic carbocycles. The molecular weight excluding hydrogens is 332 g/mol. The van der Waals surface area contributed by atoms with Crippen LogP contribution in [0.25, 0.3) is 33.6 Å². The van der Waals surface area contributed by atoms with E-state index in [4.69, 9.17) is 14.5 Å². The molecule has 3 aromatic heterocycles. The Morgan fingerprint density at radius 1 is 1.08 bits per heavy atom. The molecule has 1 saturated heterocycles. The maximum Gasteiger partial charge on any atom is 0.180 e. The zero-order valence-corrected chi connectivity index (χ0v) is 14.3. The van der Waals surface area contributed by atoms with Crippen LogP contribution in [0.1, 0.15) is 0 Å². The Bertz CT molecular complexity index is 1080. The SMILES string of the molecule is COc1ccc2[nH]nc(-c3nc4nc(N5CCOCC5)ccc4[nH]3)c2c1. The molecule has 0 radical (unpaired) electrons. The van der Waals surface area contributed by atoms with Gasteiger partial charge in [-0.05, 0) is 30.3 Å². The van der Waals surface area contributed by atoms with E-state index in [1.54, 1.807) is 7.11 Å². The van der Waals surface area contributed by atoms with Crippen LogP contribution >= 0.6 is 0 Å². The molecule has 8 nitrogen and oxygen atoms in total. The Morgan fingerprint density at radius 2 is 1.92 bits per heavy atom. The summed E-state index contributed by atoms with van der Waals surface area (Å²) in [6.45, 7) is 3.15. The van der Waals surface area contributed by atoms with Gasteiger partial charge in [0.25, 0.3) is 0 Å². The fourth-order valence-electron chi connectivity index (χ4n) is 3.26. The largest absolute Gasteiger partial charge is 0.497 e. The highest BCUT2D eigenvalue weighted by Gasteiger charge is 2.16. The van der Waals surface area contributed by atoms with Crippen LogP contribution in [0.2, 0.25) is 0 Å². The van der Waals surface area contributed by atoms with Crippen LogP contribution in [0.3, 0.4) is 0 Å². The lowest BCUT2D eigenvalue weighted by Gasteiger charge is -2.27. The van der Waals surface area contributed by atoms with E-state index < -0.39 is 0 Å². The van der Waals surface area contributed by atoms with Gasteiger partial charge < -0.3 is 19.4 Å². The fraction of sp³-hybridized carbons (Fsp3) is 0.278. The van der Waals surface area contributed by atoms with Crippen LogP contribution in [0.15, 0.2) is 30.3 Å². The third-order valence-corrected chi connectivity index (χ3v) is 4.66. The third-order valence-electron chi connectivity index (χ3n) is 4.66. The van der Waals surface area contributed by atoms with Crippen LogP contribution in [-0.2, 0) is 4.74 Å². The van der Waals surface area contributed by atoms with Crippen LogP contribution in [0.4, 0.5) is 5.82 Å². The normalized spacial score (nSPS) is 15.0. The summed E-state index contributed by atoms with van der Waals surface area (Å²) in [4.78, 5) is 14.9. The molecule has 0 bridgehead atoms. The Hall–Kier alpha value is -3.13. The first-order valence-corrected chi connectivity index (χ1v) is 8.54. The van der Waals surface area contributed by atoms with E-state index in [0.717, 1.165) is 60.0 Å². The van der Waals surface area contributed by atoms with E-state index in [9.17, 15) is 0 Å². The van der Waals surface area contributed by atoms with Gasteiger partial charge >= 0.3 is 0 Å². The maximum atomic E-state index is 5.41. The smallest absolute Gasteiger partial charge is 0.180 e. The van der Waals surface area contributed by atoms with Gasteiger partial charge in [-0.15, -0.1) is 0 Å². The summed E-state index contributed by atoms with van der Waals surface area (Å²) >= 11 is 0. The molecule has 0 aliphatic carbocycles. The van der Waals surface area contributed by atoms with Crippen molar-refractivity contribution in [3.05, 3.63) is 30.3 Å². The minimum atomic E-state index is 0.683. The molecule has 4 heterocycles. The van der Waals surface area contributed by atoms with E-state index in [0.29, 0.717) is 11.5 Å². The van der Waals surface area contributed by atoms with Gasteiger partial charge in [-0.1, -0.05) is 0 Å². The minimum absolute atomic E-state index is 0.683.